The Morgan fingerprint density at radius 2 is 1.31 bits per heavy atom. The number of hydrogen-bond donors (Lipinski definition) is 0. The predicted octanol–water partition coefficient (Wildman–Crippen LogP) is 2.97. The highest BCUT2D eigenvalue weighted by Crippen LogP contribution is 2.38. The Balaban J connectivity index is 2.18. The van der Waals surface area contributed by atoms with Crippen LogP contribution in [0.5, 0.6) is 28.7 Å². The zero-order valence-corrected chi connectivity index (χ0v) is 17.9. The van der Waals surface area contributed by atoms with Crippen LogP contribution in [0.2, 0.25) is 0 Å². The van der Waals surface area contributed by atoms with Crippen molar-refractivity contribution in [3.8, 4) is 28.7 Å². The molecular formula is C22H29NO6. The molecule has 0 aliphatic heterocycles. The molecule has 0 aliphatic rings. The number of methoxy groups -OCH3 is 4. The number of likely N-dealkylation sites (N-methyl/N-ethyl adjacent to an activating group) is 1. The average Bonchev–Trinajstić information content (AvgIpc) is 2.70. The second kappa shape index (κ2) is 10.6. The third kappa shape index (κ3) is 6.02. The molecule has 29 heavy (non-hydrogen) atoms. The highest BCUT2D eigenvalue weighted by Gasteiger charge is 2.15. The molecule has 0 saturated heterocycles. The maximum Gasteiger partial charge on any atom is 0.325 e. The van der Waals surface area contributed by atoms with E-state index in [1.54, 1.807) is 33.3 Å². The summed E-state index contributed by atoms with van der Waals surface area (Å²) in [6.45, 7) is 0.193. The van der Waals surface area contributed by atoms with Crippen LogP contribution < -0.4 is 23.7 Å². The number of esters is 1. The number of rotatable bonds is 10. The summed E-state index contributed by atoms with van der Waals surface area (Å²) in [6, 6.07) is 9.47. The van der Waals surface area contributed by atoms with Crippen molar-refractivity contribution in [3.05, 3.63) is 41.5 Å². The van der Waals surface area contributed by atoms with Crippen LogP contribution in [0.1, 0.15) is 11.1 Å². The van der Waals surface area contributed by atoms with Crippen molar-refractivity contribution in [1.29, 1.82) is 0 Å². The number of benzene rings is 2. The molecule has 0 heterocycles. The quantitative estimate of drug-likeness (QED) is 0.446. The van der Waals surface area contributed by atoms with Gasteiger partial charge in [-0.05, 0) is 62.3 Å². The van der Waals surface area contributed by atoms with Crippen molar-refractivity contribution in [1.82, 2.24) is 4.90 Å². The van der Waals surface area contributed by atoms with Gasteiger partial charge in [0.15, 0.2) is 23.0 Å². The molecule has 0 radical (unpaired) electrons. The molecule has 0 spiro atoms. The van der Waals surface area contributed by atoms with Crippen molar-refractivity contribution < 1.29 is 28.5 Å². The van der Waals surface area contributed by atoms with Crippen LogP contribution in [0.4, 0.5) is 0 Å². The number of carbonyl (C=O) groups excluding carboxylic acids is 1. The fourth-order valence-electron chi connectivity index (χ4n) is 2.94. The zero-order valence-electron chi connectivity index (χ0n) is 17.9. The minimum atomic E-state index is -0.338. The van der Waals surface area contributed by atoms with E-state index < -0.39 is 0 Å². The molecule has 0 amide bonds. The first-order valence-electron chi connectivity index (χ1n) is 9.23. The van der Waals surface area contributed by atoms with E-state index in [0.717, 1.165) is 24.0 Å². The van der Waals surface area contributed by atoms with Crippen LogP contribution in [0.25, 0.3) is 0 Å². The normalized spacial score (nSPS) is 10.6. The molecule has 7 nitrogen and oxygen atoms in total. The first kappa shape index (κ1) is 22.4. The average molecular weight is 403 g/mol. The molecule has 0 saturated carbocycles. The van der Waals surface area contributed by atoms with Gasteiger partial charge in [-0.3, -0.25) is 9.69 Å². The van der Waals surface area contributed by atoms with E-state index in [0.29, 0.717) is 28.7 Å². The highest BCUT2D eigenvalue weighted by molar-refractivity contribution is 5.75. The van der Waals surface area contributed by atoms with Crippen molar-refractivity contribution in [3.63, 3.8) is 0 Å². The van der Waals surface area contributed by atoms with E-state index in [1.165, 1.54) is 0 Å². The van der Waals surface area contributed by atoms with E-state index in [2.05, 4.69) is 0 Å². The largest absolute Gasteiger partial charge is 0.493 e. The highest BCUT2D eigenvalue weighted by atomic mass is 16.6. The monoisotopic (exact) mass is 403 g/mol. The molecule has 0 aromatic heterocycles. The molecule has 158 valence electrons. The molecule has 0 N–H and O–H groups in total. The number of aryl methyl sites for hydroxylation is 2. The molecule has 2 rings (SSSR count). The second-order valence-electron chi connectivity index (χ2n) is 6.73. The van der Waals surface area contributed by atoms with Crippen molar-refractivity contribution in [2.45, 2.75) is 12.8 Å². The van der Waals surface area contributed by atoms with Crippen LogP contribution in [0, 0.1) is 0 Å². The molecular weight excluding hydrogens is 374 g/mol. The molecule has 0 atom stereocenters. The Labute approximate surface area is 172 Å². The van der Waals surface area contributed by atoms with Crippen molar-refractivity contribution >= 4 is 5.97 Å². The van der Waals surface area contributed by atoms with Gasteiger partial charge in [-0.1, -0.05) is 6.07 Å². The lowest BCUT2D eigenvalue weighted by Gasteiger charge is -2.15. The van der Waals surface area contributed by atoms with Gasteiger partial charge in [0.2, 0.25) is 5.75 Å². The van der Waals surface area contributed by atoms with Gasteiger partial charge < -0.3 is 23.7 Å². The fourth-order valence-corrected chi connectivity index (χ4v) is 2.94. The fraction of sp³-hybridized carbons (Fsp3) is 0.409. The first-order chi connectivity index (χ1) is 13.9. The summed E-state index contributed by atoms with van der Waals surface area (Å²) < 4.78 is 27.0. The summed E-state index contributed by atoms with van der Waals surface area (Å²) in [6.07, 6.45) is 1.48. The smallest absolute Gasteiger partial charge is 0.325 e. The number of nitrogens with zero attached hydrogens (tertiary/aromatic N) is 1. The lowest BCUT2D eigenvalue weighted by molar-refractivity contribution is -0.135. The Kier molecular flexibility index (Phi) is 8.15. The first-order valence-corrected chi connectivity index (χ1v) is 9.23. The third-order valence-electron chi connectivity index (χ3n) is 4.32. The van der Waals surface area contributed by atoms with E-state index in [9.17, 15) is 4.79 Å². The summed E-state index contributed by atoms with van der Waals surface area (Å²) in [5.41, 5.74) is 2.06. The van der Waals surface area contributed by atoms with Crippen molar-refractivity contribution in [2.24, 2.45) is 0 Å². The predicted molar refractivity (Wildman–Crippen MR) is 111 cm³/mol. The molecule has 2 aromatic rings. The van der Waals surface area contributed by atoms with Crippen molar-refractivity contribution in [2.75, 3.05) is 49.1 Å². The molecule has 0 bridgehead atoms. The van der Waals surface area contributed by atoms with Crippen LogP contribution in [-0.4, -0.2) is 59.9 Å². The minimum Gasteiger partial charge on any atom is -0.493 e. The van der Waals surface area contributed by atoms with Gasteiger partial charge in [-0.15, -0.1) is 0 Å². The second-order valence-corrected chi connectivity index (χ2v) is 6.73. The summed E-state index contributed by atoms with van der Waals surface area (Å²) >= 11 is 0. The summed E-state index contributed by atoms with van der Waals surface area (Å²) in [4.78, 5) is 13.8. The number of ether oxygens (including phenoxy) is 5. The maximum atomic E-state index is 12.0. The Morgan fingerprint density at radius 1 is 0.759 bits per heavy atom. The molecule has 7 heteroatoms. The summed E-state index contributed by atoms with van der Waals surface area (Å²) in [5, 5.41) is 0. The number of hydrogen-bond acceptors (Lipinski definition) is 7. The molecule has 2 aromatic carbocycles. The Bertz CT molecular complexity index is 809. The molecule has 0 aliphatic carbocycles. The lowest BCUT2D eigenvalue weighted by Crippen LogP contribution is -2.25. The molecule has 0 fully saturated rings. The van der Waals surface area contributed by atoms with E-state index in [4.69, 9.17) is 23.7 Å². The number of carbonyl (C=O) groups is 1. The summed E-state index contributed by atoms with van der Waals surface area (Å²) in [7, 11) is 9.95. The molecule has 0 unspecified atom stereocenters. The Hall–Kier alpha value is -2.93. The van der Waals surface area contributed by atoms with Gasteiger partial charge in [0.25, 0.3) is 0 Å². The van der Waals surface area contributed by atoms with Gasteiger partial charge in [0, 0.05) is 0 Å². The van der Waals surface area contributed by atoms with E-state index >= 15 is 0 Å². The van der Waals surface area contributed by atoms with E-state index in [1.807, 2.05) is 44.4 Å². The summed E-state index contributed by atoms with van der Waals surface area (Å²) in [5.74, 6) is 2.41. The topological polar surface area (TPSA) is 66.5 Å². The minimum absolute atomic E-state index is 0.193. The Morgan fingerprint density at radius 3 is 1.83 bits per heavy atom. The SMILES string of the molecule is COc1ccc(CCc2cc(OC)c(OC)c(OC)c2)cc1OC(=O)CN(C)C. The van der Waals surface area contributed by atoms with Gasteiger partial charge >= 0.3 is 5.97 Å². The lowest BCUT2D eigenvalue weighted by atomic mass is 10.0. The van der Waals surface area contributed by atoms with Crippen LogP contribution in [0.15, 0.2) is 30.3 Å². The zero-order chi connectivity index (χ0) is 21.4. The van der Waals surface area contributed by atoms with E-state index in [-0.39, 0.29) is 12.5 Å². The van der Waals surface area contributed by atoms with Gasteiger partial charge in [-0.2, -0.15) is 0 Å². The standard InChI is InChI=1S/C22H29NO6/c1-23(2)14-21(24)29-18-11-15(9-10-17(18)25-3)7-8-16-12-19(26-4)22(28-6)20(13-16)27-5/h9-13H,7-8,14H2,1-6H3. The van der Waals surface area contributed by atoms with Gasteiger partial charge in [0.1, 0.15) is 0 Å². The van der Waals surface area contributed by atoms with Crippen LogP contribution in [-0.2, 0) is 17.6 Å². The third-order valence-corrected chi connectivity index (χ3v) is 4.32. The van der Waals surface area contributed by atoms with Gasteiger partial charge in [0.05, 0.1) is 35.0 Å². The maximum absolute atomic E-state index is 12.0. The van der Waals surface area contributed by atoms with Crippen LogP contribution in [0.3, 0.4) is 0 Å². The van der Waals surface area contributed by atoms with Gasteiger partial charge in [-0.25, -0.2) is 0 Å². The van der Waals surface area contributed by atoms with Crippen LogP contribution >= 0.6 is 0 Å².